The Balaban J connectivity index is 2.54. The number of methoxy groups -OCH3 is 1. The number of hydrogen-bond donors (Lipinski definition) is 1. The molecule has 1 aliphatic carbocycles. The van der Waals surface area contributed by atoms with Crippen LogP contribution in [-0.2, 0) is 15.1 Å². The van der Waals surface area contributed by atoms with Crippen LogP contribution in [0.3, 0.4) is 0 Å². The van der Waals surface area contributed by atoms with Crippen molar-refractivity contribution >= 4 is 17.3 Å². The topological polar surface area (TPSA) is 68.5 Å². The molecule has 0 aromatic carbocycles. The van der Waals surface area contributed by atoms with Gasteiger partial charge in [-0.1, -0.05) is 30.6 Å². The van der Waals surface area contributed by atoms with E-state index in [0.717, 1.165) is 30.6 Å². The van der Waals surface area contributed by atoms with E-state index in [1.54, 1.807) is 0 Å². The molecule has 0 saturated heterocycles. The lowest BCUT2D eigenvalue weighted by molar-refractivity contribution is -0.153. The fourth-order valence-corrected chi connectivity index (χ4v) is 3.23. The number of rotatable bonds is 2. The molecule has 1 N–H and O–H groups in total. The van der Waals surface area contributed by atoms with Gasteiger partial charge in [-0.2, -0.15) is 0 Å². The Labute approximate surface area is 103 Å². The van der Waals surface area contributed by atoms with Crippen molar-refractivity contribution in [2.24, 2.45) is 0 Å². The van der Waals surface area contributed by atoms with Crippen molar-refractivity contribution in [3.63, 3.8) is 0 Å². The quantitative estimate of drug-likeness (QED) is 0.814. The van der Waals surface area contributed by atoms with E-state index in [2.05, 4.69) is 0 Å². The van der Waals surface area contributed by atoms with Gasteiger partial charge in [0.15, 0.2) is 0 Å². The van der Waals surface area contributed by atoms with Crippen LogP contribution in [0.4, 0.5) is 0 Å². The van der Waals surface area contributed by atoms with Crippen LogP contribution in [0.1, 0.15) is 32.1 Å². The van der Waals surface area contributed by atoms with Crippen molar-refractivity contribution in [1.29, 1.82) is 0 Å². The molecule has 1 aliphatic rings. The smallest absolute Gasteiger partial charge is 0.332 e. The standard InChI is InChI=1S/C11H15NO4S/c1-16-9(14)11(5-3-2-4-6-11)12-8(13)7-17-10(12)15/h7,13H,2-6H2,1H3. The van der Waals surface area contributed by atoms with E-state index in [-0.39, 0.29) is 10.8 Å². The normalized spacial score (nSPS) is 18.9. The lowest BCUT2D eigenvalue weighted by atomic mass is 9.81. The van der Waals surface area contributed by atoms with Crippen LogP contribution in [0.2, 0.25) is 0 Å². The van der Waals surface area contributed by atoms with Gasteiger partial charge in [-0.05, 0) is 12.8 Å². The first-order valence-corrected chi connectivity index (χ1v) is 6.48. The molecule has 5 nitrogen and oxygen atoms in total. The first-order chi connectivity index (χ1) is 8.12. The minimum atomic E-state index is -1.01. The molecule has 0 bridgehead atoms. The van der Waals surface area contributed by atoms with Crippen LogP contribution in [0.5, 0.6) is 5.88 Å². The largest absolute Gasteiger partial charge is 0.494 e. The summed E-state index contributed by atoms with van der Waals surface area (Å²) in [6.07, 6.45) is 3.85. The second kappa shape index (κ2) is 4.52. The number of thiazole rings is 1. The number of esters is 1. The van der Waals surface area contributed by atoms with Gasteiger partial charge in [-0.15, -0.1) is 0 Å². The van der Waals surface area contributed by atoms with Gasteiger partial charge in [0.05, 0.1) is 12.5 Å². The minimum Gasteiger partial charge on any atom is -0.494 e. The highest BCUT2D eigenvalue weighted by atomic mass is 32.1. The van der Waals surface area contributed by atoms with Crippen LogP contribution < -0.4 is 4.87 Å². The van der Waals surface area contributed by atoms with Crippen LogP contribution in [0, 0.1) is 0 Å². The average Bonchev–Trinajstić information content (AvgIpc) is 2.69. The molecule has 1 saturated carbocycles. The molecule has 1 aromatic heterocycles. The van der Waals surface area contributed by atoms with Crippen molar-refractivity contribution < 1.29 is 14.6 Å². The molecular formula is C11H15NO4S. The summed E-state index contributed by atoms with van der Waals surface area (Å²) < 4.78 is 6.02. The summed E-state index contributed by atoms with van der Waals surface area (Å²) in [5.74, 6) is -0.583. The molecule has 0 radical (unpaired) electrons. The Bertz CT molecular complexity index is 470. The molecule has 1 heterocycles. The Hall–Kier alpha value is -1.30. The summed E-state index contributed by atoms with van der Waals surface area (Å²) in [6.45, 7) is 0. The summed E-state index contributed by atoms with van der Waals surface area (Å²) >= 11 is 0.901. The molecule has 17 heavy (non-hydrogen) atoms. The zero-order valence-electron chi connectivity index (χ0n) is 9.64. The highest BCUT2D eigenvalue weighted by Gasteiger charge is 2.45. The Morgan fingerprint density at radius 3 is 2.59 bits per heavy atom. The molecule has 1 fully saturated rings. The molecule has 2 rings (SSSR count). The van der Waals surface area contributed by atoms with Gasteiger partial charge in [0.25, 0.3) is 0 Å². The summed E-state index contributed by atoms with van der Waals surface area (Å²) in [7, 11) is 1.31. The van der Waals surface area contributed by atoms with Crippen LogP contribution in [0.15, 0.2) is 10.2 Å². The molecule has 0 atom stereocenters. The lowest BCUT2D eigenvalue weighted by Gasteiger charge is -2.35. The Morgan fingerprint density at radius 1 is 1.47 bits per heavy atom. The highest BCUT2D eigenvalue weighted by Crippen LogP contribution is 2.37. The molecule has 1 aromatic rings. The summed E-state index contributed by atoms with van der Waals surface area (Å²) in [6, 6.07) is 0. The van der Waals surface area contributed by atoms with Crippen molar-refractivity contribution in [1.82, 2.24) is 4.57 Å². The van der Waals surface area contributed by atoms with Gasteiger partial charge < -0.3 is 9.84 Å². The molecular weight excluding hydrogens is 242 g/mol. The molecule has 0 amide bonds. The van der Waals surface area contributed by atoms with Gasteiger partial charge in [-0.3, -0.25) is 9.36 Å². The van der Waals surface area contributed by atoms with Crippen molar-refractivity contribution in [2.45, 2.75) is 37.6 Å². The van der Waals surface area contributed by atoms with Crippen LogP contribution in [-0.4, -0.2) is 22.8 Å². The van der Waals surface area contributed by atoms with Gasteiger partial charge in [-0.25, -0.2) is 4.79 Å². The molecule has 6 heteroatoms. The maximum absolute atomic E-state index is 12.0. The van der Waals surface area contributed by atoms with Crippen molar-refractivity contribution in [2.75, 3.05) is 7.11 Å². The maximum atomic E-state index is 12.0. The third kappa shape index (κ3) is 1.86. The number of carbonyl (C=O) groups is 1. The minimum absolute atomic E-state index is 0.146. The van der Waals surface area contributed by atoms with E-state index in [1.165, 1.54) is 17.1 Å². The second-order valence-corrected chi connectivity index (χ2v) is 5.10. The Morgan fingerprint density at radius 2 is 2.12 bits per heavy atom. The number of nitrogens with zero attached hydrogens (tertiary/aromatic N) is 1. The number of aromatic nitrogens is 1. The van der Waals surface area contributed by atoms with E-state index in [9.17, 15) is 14.7 Å². The lowest BCUT2D eigenvalue weighted by Crippen LogP contribution is -2.47. The van der Waals surface area contributed by atoms with E-state index in [4.69, 9.17) is 4.74 Å². The zero-order chi connectivity index (χ0) is 12.5. The third-order valence-electron chi connectivity index (χ3n) is 3.35. The number of ether oxygens (including phenoxy) is 1. The Kier molecular flexibility index (Phi) is 3.24. The first kappa shape index (κ1) is 12.2. The van der Waals surface area contributed by atoms with E-state index in [0.29, 0.717) is 12.8 Å². The third-order valence-corrected chi connectivity index (χ3v) is 4.06. The van der Waals surface area contributed by atoms with Gasteiger partial charge in [0, 0.05) is 0 Å². The predicted octanol–water partition coefficient (Wildman–Crippen LogP) is 1.45. The van der Waals surface area contributed by atoms with E-state index >= 15 is 0 Å². The number of aromatic hydroxyl groups is 1. The molecule has 0 aliphatic heterocycles. The van der Waals surface area contributed by atoms with E-state index < -0.39 is 11.5 Å². The second-order valence-electron chi connectivity index (χ2n) is 4.28. The van der Waals surface area contributed by atoms with Crippen LogP contribution >= 0.6 is 11.3 Å². The van der Waals surface area contributed by atoms with Crippen LogP contribution in [0.25, 0.3) is 0 Å². The molecule has 94 valence electrons. The maximum Gasteiger partial charge on any atom is 0.332 e. The summed E-state index contributed by atoms with van der Waals surface area (Å²) in [5.41, 5.74) is -1.01. The zero-order valence-corrected chi connectivity index (χ0v) is 10.5. The van der Waals surface area contributed by atoms with Gasteiger partial charge >= 0.3 is 10.8 Å². The molecule has 0 spiro atoms. The number of carbonyl (C=O) groups excluding carboxylic acids is 1. The fourth-order valence-electron chi connectivity index (χ4n) is 2.54. The molecule has 0 unspecified atom stereocenters. The summed E-state index contributed by atoms with van der Waals surface area (Å²) in [4.78, 5) is 23.5. The number of hydrogen-bond acceptors (Lipinski definition) is 5. The first-order valence-electron chi connectivity index (χ1n) is 5.60. The SMILES string of the molecule is COC(=O)C1(n2c(O)csc2=O)CCCCC1. The van der Waals surface area contributed by atoms with Gasteiger partial charge in [0.2, 0.25) is 5.88 Å². The van der Waals surface area contributed by atoms with E-state index in [1.807, 2.05) is 0 Å². The monoisotopic (exact) mass is 257 g/mol. The van der Waals surface area contributed by atoms with Crippen molar-refractivity contribution in [3.05, 3.63) is 15.0 Å². The average molecular weight is 257 g/mol. The summed E-state index contributed by atoms with van der Waals surface area (Å²) in [5, 5.41) is 11.1. The van der Waals surface area contributed by atoms with Gasteiger partial charge in [0.1, 0.15) is 5.54 Å². The fraction of sp³-hybridized carbons (Fsp3) is 0.636. The predicted molar refractivity (Wildman–Crippen MR) is 63.3 cm³/mol. The highest BCUT2D eigenvalue weighted by molar-refractivity contribution is 7.07. The van der Waals surface area contributed by atoms with Crippen molar-refractivity contribution in [3.8, 4) is 5.88 Å².